The standard InChI is InChI=1S/C15H21BrN2O2/c1-10-8-18(9-11(2)20-10)15(19)17-12(3)13-6-4-5-7-14(13)16/h4-7,10-12H,8-9H2,1-3H3,(H,17,19). The van der Waals surface area contributed by atoms with Crippen LogP contribution in [0, 0.1) is 0 Å². The summed E-state index contributed by atoms with van der Waals surface area (Å²) in [6.07, 6.45) is 0.173. The van der Waals surface area contributed by atoms with Crippen molar-refractivity contribution in [2.45, 2.75) is 39.0 Å². The Kier molecular flexibility index (Phi) is 5.05. The van der Waals surface area contributed by atoms with Crippen LogP contribution in [0.2, 0.25) is 0 Å². The van der Waals surface area contributed by atoms with E-state index < -0.39 is 0 Å². The van der Waals surface area contributed by atoms with Crippen LogP contribution in [0.4, 0.5) is 4.79 Å². The van der Waals surface area contributed by atoms with Gasteiger partial charge in [0.25, 0.3) is 0 Å². The van der Waals surface area contributed by atoms with Crippen molar-refractivity contribution in [1.82, 2.24) is 10.2 Å². The minimum absolute atomic E-state index is 0.0322. The second-order valence-corrected chi connectivity index (χ2v) is 6.21. The third-order valence-corrected chi connectivity index (χ3v) is 4.14. The summed E-state index contributed by atoms with van der Waals surface area (Å²) >= 11 is 3.52. The molecule has 3 atom stereocenters. The molecule has 4 nitrogen and oxygen atoms in total. The molecule has 5 heteroatoms. The number of carbonyl (C=O) groups excluding carboxylic acids is 1. The van der Waals surface area contributed by atoms with Crippen LogP contribution in [0.1, 0.15) is 32.4 Å². The van der Waals surface area contributed by atoms with Crippen molar-refractivity contribution in [1.29, 1.82) is 0 Å². The summed E-state index contributed by atoms with van der Waals surface area (Å²) in [6.45, 7) is 7.25. The van der Waals surface area contributed by atoms with Gasteiger partial charge in [-0.1, -0.05) is 34.1 Å². The molecule has 1 saturated heterocycles. The molecule has 2 rings (SSSR count). The SMILES string of the molecule is CC1CN(C(=O)NC(C)c2ccccc2Br)CC(C)O1. The third-order valence-electron chi connectivity index (χ3n) is 3.42. The van der Waals surface area contributed by atoms with E-state index in [9.17, 15) is 4.79 Å². The highest BCUT2D eigenvalue weighted by molar-refractivity contribution is 9.10. The van der Waals surface area contributed by atoms with Gasteiger partial charge in [-0.3, -0.25) is 0 Å². The molecule has 0 aromatic heterocycles. The van der Waals surface area contributed by atoms with E-state index in [1.165, 1.54) is 0 Å². The van der Waals surface area contributed by atoms with Crippen LogP contribution in [0.25, 0.3) is 0 Å². The molecule has 2 amide bonds. The molecule has 1 aliphatic rings. The summed E-state index contributed by atoms with van der Waals surface area (Å²) in [6, 6.07) is 7.87. The zero-order chi connectivity index (χ0) is 14.7. The first kappa shape index (κ1) is 15.3. The summed E-state index contributed by atoms with van der Waals surface area (Å²) in [7, 11) is 0. The average molecular weight is 341 g/mol. The number of morpholine rings is 1. The van der Waals surface area contributed by atoms with Crippen molar-refractivity contribution in [3.8, 4) is 0 Å². The summed E-state index contributed by atoms with van der Waals surface area (Å²) in [5.74, 6) is 0. The molecule has 1 N–H and O–H groups in total. The van der Waals surface area contributed by atoms with Crippen molar-refractivity contribution < 1.29 is 9.53 Å². The molecule has 0 bridgehead atoms. The molecule has 0 spiro atoms. The molecule has 1 heterocycles. The Morgan fingerprint density at radius 2 is 1.95 bits per heavy atom. The summed E-state index contributed by atoms with van der Waals surface area (Å²) in [5.41, 5.74) is 1.08. The number of hydrogen-bond acceptors (Lipinski definition) is 2. The van der Waals surface area contributed by atoms with Crippen molar-refractivity contribution >= 4 is 22.0 Å². The van der Waals surface area contributed by atoms with Crippen LogP contribution >= 0.6 is 15.9 Å². The average Bonchev–Trinajstić information content (AvgIpc) is 2.37. The molecule has 3 unspecified atom stereocenters. The first-order valence-electron chi connectivity index (χ1n) is 6.92. The van der Waals surface area contributed by atoms with Crippen molar-refractivity contribution in [3.63, 3.8) is 0 Å². The Balaban J connectivity index is 1.99. The normalized spacial score (nSPS) is 24.3. The van der Waals surface area contributed by atoms with Gasteiger partial charge in [-0.15, -0.1) is 0 Å². The Labute approximate surface area is 128 Å². The fraction of sp³-hybridized carbons (Fsp3) is 0.533. The number of urea groups is 1. The van der Waals surface area contributed by atoms with E-state index in [-0.39, 0.29) is 24.3 Å². The van der Waals surface area contributed by atoms with E-state index in [1.807, 2.05) is 49.9 Å². The van der Waals surface area contributed by atoms with Gasteiger partial charge in [0.05, 0.1) is 18.2 Å². The molecular formula is C15H21BrN2O2. The zero-order valence-electron chi connectivity index (χ0n) is 12.1. The van der Waals surface area contributed by atoms with Crippen LogP contribution in [-0.2, 0) is 4.74 Å². The zero-order valence-corrected chi connectivity index (χ0v) is 13.7. The lowest BCUT2D eigenvalue weighted by atomic mass is 10.1. The van der Waals surface area contributed by atoms with Crippen LogP contribution in [0.5, 0.6) is 0 Å². The number of carbonyl (C=O) groups is 1. The van der Waals surface area contributed by atoms with Crippen LogP contribution in [0.3, 0.4) is 0 Å². The smallest absolute Gasteiger partial charge is 0.318 e. The molecule has 20 heavy (non-hydrogen) atoms. The molecular weight excluding hydrogens is 320 g/mol. The number of nitrogens with one attached hydrogen (secondary N) is 1. The van der Waals surface area contributed by atoms with Gasteiger partial charge in [0.2, 0.25) is 0 Å². The predicted molar refractivity (Wildman–Crippen MR) is 82.7 cm³/mol. The molecule has 0 aliphatic carbocycles. The Morgan fingerprint density at radius 3 is 2.55 bits per heavy atom. The largest absolute Gasteiger partial charge is 0.372 e. The quantitative estimate of drug-likeness (QED) is 0.897. The molecule has 1 aromatic carbocycles. The van der Waals surface area contributed by atoms with Gasteiger partial charge in [0, 0.05) is 17.6 Å². The number of amides is 2. The first-order valence-corrected chi connectivity index (χ1v) is 7.72. The van der Waals surface area contributed by atoms with E-state index in [0.717, 1.165) is 10.0 Å². The minimum Gasteiger partial charge on any atom is -0.372 e. The number of ether oxygens (including phenoxy) is 1. The van der Waals surface area contributed by atoms with Crippen molar-refractivity contribution in [3.05, 3.63) is 34.3 Å². The highest BCUT2D eigenvalue weighted by Crippen LogP contribution is 2.23. The Hall–Kier alpha value is -1.07. The molecule has 0 radical (unpaired) electrons. The van der Waals surface area contributed by atoms with Gasteiger partial charge >= 0.3 is 6.03 Å². The third kappa shape index (κ3) is 3.73. The number of hydrogen-bond donors (Lipinski definition) is 1. The van der Waals surface area contributed by atoms with Crippen LogP contribution < -0.4 is 5.32 Å². The first-order chi connectivity index (χ1) is 9.47. The second kappa shape index (κ2) is 6.59. The van der Waals surface area contributed by atoms with Crippen molar-refractivity contribution in [2.24, 2.45) is 0 Å². The summed E-state index contributed by atoms with van der Waals surface area (Å²) in [4.78, 5) is 14.2. The van der Waals surface area contributed by atoms with Crippen molar-refractivity contribution in [2.75, 3.05) is 13.1 Å². The van der Waals surface area contributed by atoms with E-state index >= 15 is 0 Å². The number of rotatable bonds is 2. The van der Waals surface area contributed by atoms with Crippen LogP contribution in [-0.4, -0.2) is 36.2 Å². The maximum Gasteiger partial charge on any atom is 0.318 e. The maximum atomic E-state index is 12.3. The number of halogens is 1. The van der Waals surface area contributed by atoms with Gasteiger partial charge in [0.1, 0.15) is 0 Å². The lowest BCUT2D eigenvalue weighted by Gasteiger charge is -2.36. The maximum absolute atomic E-state index is 12.3. The highest BCUT2D eigenvalue weighted by Gasteiger charge is 2.26. The fourth-order valence-electron chi connectivity index (χ4n) is 2.52. The lowest BCUT2D eigenvalue weighted by Crippen LogP contribution is -2.52. The summed E-state index contributed by atoms with van der Waals surface area (Å²) in [5, 5.41) is 3.05. The van der Waals surface area contributed by atoms with E-state index in [2.05, 4.69) is 21.2 Å². The predicted octanol–water partition coefficient (Wildman–Crippen LogP) is 3.33. The molecule has 1 aromatic rings. The molecule has 1 fully saturated rings. The van der Waals surface area contributed by atoms with Crippen LogP contribution in [0.15, 0.2) is 28.7 Å². The lowest BCUT2D eigenvalue weighted by molar-refractivity contribution is -0.0547. The van der Waals surface area contributed by atoms with Gasteiger partial charge in [-0.25, -0.2) is 4.79 Å². The van der Waals surface area contributed by atoms with E-state index in [0.29, 0.717) is 13.1 Å². The van der Waals surface area contributed by atoms with E-state index in [1.54, 1.807) is 0 Å². The Bertz CT molecular complexity index is 471. The monoisotopic (exact) mass is 340 g/mol. The molecule has 0 saturated carbocycles. The van der Waals surface area contributed by atoms with Gasteiger partial charge < -0.3 is 15.0 Å². The van der Waals surface area contributed by atoms with Gasteiger partial charge in [-0.2, -0.15) is 0 Å². The fourth-order valence-corrected chi connectivity index (χ4v) is 3.15. The van der Waals surface area contributed by atoms with Gasteiger partial charge in [-0.05, 0) is 32.4 Å². The van der Waals surface area contributed by atoms with Gasteiger partial charge in [0.15, 0.2) is 0 Å². The Morgan fingerprint density at radius 1 is 1.35 bits per heavy atom. The number of nitrogens with zero attached hydrogens (tertiary/aromatic N) is 1. The second-order valence-electron chi connectivity index (χ2n) is 5.35. The molecule has 110 valence electrons. The highest BCUT2D eigenvalue weighted by atomic mass is 79.9. The summed E-state index contributed by atoms with van der Waals surface area (Å²) < 4.78 is 6.66. The van der Waals surface area contributed by atoms with E-state index in [4.69, 9.17) is 4.74 Å². The number of benzene rings is 1. The molecule has 1 aliphatic heterocycles. The minimum atomic E-state index is -0.0356. The topological polar surface area (TPSA) is 41.6 Å².